The molecule has 38 heavy (non-hydrogen) atoms. The predicted octanol–water partition coefficient (Wildman–Crippen LogP) is 3.09. The van der Waals surface area contributed by atoms with Gasteiger partial charge in [-0.25, -0.2) is 4.79 Å². The van der Waals surface area contributed by atoms with Crippen LogP contribution in [0.1, 0.15) is 53.9 Å². The van der Waals surface area contributed by atoms with Crippen LogP contribution in [0, 0.1) is 5.92 Å². The van der Waals surface area contributed by atoms with Gasteiger partial charge in [-0.2, -0.15) is 0 Å². The Balaban J connectivity index is 2.65. The zero-order valence-electron chi connectivity index (χ0n) is 22.3. The second-order valence-electron chi connectivity index (χ2n) is 9.46. The molecule has 10 nitrogen and oxygen atoms in total. The van der Waals surface area contributed by atoms with Crippen LogP contribution in [-0.2, 0) is 23.9 Å². The van der Waals surface area contributed by atoms with E-state index in [1.165, 1.54) is 24.1 Å². The zero-order chi connectivity index (χ0) is 28.8. The van der Waals surface area contributed by atoms with Gasteiger partial charge in [0.05, 0.1) is 5.03 Å². The zero-order valence-corrected chi connectivity index (χ0v) is 23.0. The third-order valence-corrected chi connectivity index (χ3v) is 6.68. The number of fused-ring (bicyclic) bond motifs is 1. The van der Waals surface area contributed by atoms with Crippen LogP contribution in [0.5, 0.6) is 0 Å². The Kier molecular flexibility index (Phi) is 10.2. The van der Waals surface area contributed by atoms with Crippen molar-refractivity contribution >= 4 is 41.1 Å². The smallest absolute Gasteiger partial charge is 0.326 e. The summed E-state index contributed by atoms with van der Waals surface area (Å²) >= 11 is 6.40. The number of aliphatic carboxylic acids is 1. The van der Waals surface area contributed by atoms with E-state index in [1.54, 1.807) is 6.08 Å². The normalized spacial score (nSPS) is 21.5. The number of guanidine groups is 1. The third-order valence-electron chi connectivity index (χ3n) is 6.30. The molecule has 0 bridgehead atoms. The summed E-state index contributed by atoms with van der Waals surface area (Å²) in [6, 6.07) is -1.10. The average Bonchev–Trinajstić information content (AvgIpc) is 2.84. The summed E-state index contributed by atoms with van der Waals surface area (Å²) < 4.78 is 5.11. The van der Waals surface area contributed by atoms with E-state index in [0.29, 0.717) is 18.0 Å². The first-order valence-electron chi connectivity index (χ1n) is 12.3. The number of halogens is 1. The predicted molar refractivity (Wildman–Crippen MR) is 145 cm³/mol. The van der Waals surface area contributed by atoms with Crippen LogP contribution in [0.4, 0.5) is 0 Å². The topological polar surface area (TPSA) is 165 Å². The summed E-state index contributed by atoms with van der Waals surface area (Å²) in [5.41, 5.74) is 10.0. The van der Waals surface area contributed by atoms with Gasteiger partial charge >= 0.3 is 11.9 Å². The fourth-order valence-electron chi connectivity index (χ4n) is 4.14. The average molecular weight is 547 g/mol. The van der Waals surface area contributed by atoms with Crippen molar-refractivity contribution in [1.29, 1.82) is 0 Å². The van der Waals surface area contributed by atoms with Crippen LogP contribution in [0.3, 0.4) is 0 Å². The number of esters is 1. The van der Waals surface area contributed by atoms with Gasteiger partial charge in [0.15, 0.2) is 5.96 Å². The molecule has 0 aromatic carbocycles. The van der Waals surface area contributed by atoms with Crippen molar-refractivity contribution in [3.05, 3.63) is 58.0 Å². The Morgan fingerprint density at radius 2 is 1.92 bits per heavy atom. The van der Waals surface area contributed by atoms with Crippen molar-refractivity contribution in [3.63, 3.8) is 0 Å². The molecular formula is C27H35ClN4O6. The molecule has 0 amide bonds. The Morgan fingerprint density at radius 3 is 2.47 bits per heavy atom. The SMILES string of the molecule is CC[C@H](C)/C=C(C)/C=C/C1=CC2=C(Cl)C(=O)[C@](C)(OC(C)=O)C(=O)C2=CN1[C@@H](CCCN=C(N)N)C(=O)O. The second kappa shape index (κ2) is 12.7. The van der Waals surface area contributed by atoms with Gasteiger partial charge in [-0.05, 0) is 44.8 Å². The molecule has 2 rings (SSSR count). The molecule has 1 heterocycles. The van der Waals surface area contributed by atoms with Crippen LogP contribution >= 0.6 is 11.6 Å². The van der Waals surface area contributed by atoms with Gasteiger partial charge < -0.3 is 26.2 Å². The summed E-state index contributed by atoms with van der Waals surface area (Å²) in [6.45, 7) is 8.55. The van der Waals surface area contributed by atoms with Crippen LogP contribution in [0.15, 0.2) is 62.9 Å². The number of carboxylic acid groups (broad SMARTS) is 1. The molecule has 0 aromatic rings. The first kappa shape index (κ1) is 30.6. The molecule has 0 saturated carbocycles. The number of carbonyl (C=O) groups is 4. The minimum Gasteiger partial charge on any atom is -0.480 e. The number of ether oxygens (including phenoxy) is 1. The fraction of sp³-hybridized carbons (Fsp3) is 0.444. The van der Waals surface area contributed by atoms with E-state index in [-0.39, 0.29) is 35.1 Å². The molecule has 0 aromatic heterocycles. The summed E-state index contributed by atoms with van der Waals surface area (Å²) in [4.78, 5) is 55.8. The quantitative estimate of drug-likeness (QED) is 0.0881. The summed E-state index contributed by atoms with van der Waals surface area (Å²) in [6.07, 6.45) is 9.91. The number of allylic oxidation sites excluding steroid dienone is 6. The largest absolute Gasteiger partial charge is 0.480 e. The lowest BCUT2D eigenvalue weighted by Crippen LogP contribution is -2.52. The molecule has 0 fully saturated rings. The monoisotopic (exact) mass is 546 g/mol. The number of nitrogens with two attached hydrogens (primary N) is 2. The molecular weight excluding hydrogens is 512 g/mol. The number of hydrogen-bond donors (Lipinski definition) is 3. The maximum absolute atomic E-state index is 13.4. The van der Waals surface area contributed by atoms with Gasteiger partial charge in [-0.3, -0.25) is 19.4 Å². The van der Waals surface area contributed by atoms with Crippen LogP contribution in [0.25, 0.3) is 0 Å². The molecule has 3 atom stereocenters. The number of hydrogen-bond acceptors (Lipinski definition) is 7. The van der Waals surface area contributed by atoms with Crippen molar-refractivity contribution in [2.45, 2.75) is 65.5 Å². The van der Waals surface area contributed by atoms with Crippen LogP contribution in [0.2, 0.25) is 0 Å². The van der Waals surface area contributed by atoms with E-state index in [4.69, 9.17) is 27.8 Å². The number of ketones is 2. The van der Waals surface area contributed by atoms with Gasteiger partial charge in [-0.1, -0.05) is 49.6 Å². The molecule has 0 radical (unpaired) electrons. The Morgan fingerprint density at radius 1 is 1.26 bits per heavy atom. The third kappa shape index (κ3) is 7.00. The number of carboxylic acids is 1. The van der Waals surface area contributed by atoms with Gasteiger partial charge in [0, 0.05) is 36.5 Å². The van der Waals surface area contributed by atoms with E-state index in [9.17, 15) is 24.3 Å². The lowest BCUT2D eigenvalue weighted by Gasteiger charge is -2.37. The molecule has 1 aliphatic carbocycles. The van der Waals surface area contributed by atoms with Crippen molar-refractivity contribution in [3.8, 4) is 0 Å². The van der Waals surface area contributed by atoms with E-state index in [1.807, 2.05) is 13.0 Å². The van der Waals surface area contributed by atoms with Crippen molar-refractivity contribution < 1.29 is 29.0 Å². The maximum Gasteiger partial charge on any atom is 0.326 e. The van der Waals surface area contributed by atoms with Gasteiger partial charge in [0.2, 0.25) is 17.2 Å². The van der Waals surface area contributed by atoms with Crippen LogP contribution in [-0.4, -0.2) is 57.7 Å². The highest BCUT2D eigenvalue weighted by molar-refractivity contribution is 6.49. The maximum atomic E-state index is 13.4. The molecule has 0 saturated heterocycles. The molecule has 0 unspecified atom stereocenters. The highest BCUT2D eigenvalue weighted by Gasteiger charge is 2.52. The lowest BCUT2D eigenvalue weighted by atomic mass is 9.79. The minimum absolute atomic E-state index is 0.0298. The molecule has 0 spiro atoms. The van der Waals surface area contributed by atoms with E-state index < -0.39 is 35.1 Å². The summed E-state index contributed by atoms with van der Waals surface area (Å²) in [5, 5.41) is 9.81. The molecule has 206 valence electrons. The van der Waals surface area contributed by atoms with Gasteiger partial charge in [0.25, 0.3) is 0 Å². The lowest BCUT2D eigenvalue weighted by molar-refractivity contribution is -0.167. The van der Waals surface area contributed by atoms with E-state index in [0.717, 1.165) is 18.9 Å². The Hall–Kier alpha value is -3.66. The van der Waals surface area contributed by atoms with Crippen LogP contribution < -0.4 is 11.5 Å². The summed E-state index contributed by atoms with van der Waals surface area (Å²) in [5.74, 6) is -3.37. The van der Waals surface area contributed by atoms with Gasteiger partial charge in [0.1, 0.15) is 6.04 Å². The second-order valence-corrected chi connectivity index (χ2v) is 9.84. The number of rotatable bonds is 11. The number of nitrogens with zero attached hydrogens (tertiary/aromatic N) is 2. The Labute approximate surface area is 227 Å². The molecule has 11 heteroatoms. The fourth-order valence-corrected chi connectivity index (χ4v) is 4.47. The first-order valence-corrected chi connectivity index (χ1v) is 12.7. The van der Waals surface area contributed by atoms with Gasteiger partial charge in [-0.15, -0.1) is 0 Å². The number of Topliss-reactive ketones (excluding diaryl/α,β-unsaturated/α-hetero) is 2. The summed E-state index contributed by atoms with van der Waals surface area (Å²) in [7, 11) is 0. The van der Waals surface area contributed by atoms with Crippen molar-refractivity contribution in [2.24, 2.45) is 22.4 Å². The van der Waals surface area contributed by atoms with Crippen molar-refractivity contribution in [2.75, 3.05) is 6.54 Å². The molecule has 5 N–H and O–H groups in total. The van der Waals surface area contributed by atoms with Crippen molar-refractivity contribution in [1.82, 2.24) is 4.90 Å². The standard InChI is InChI=1S/C27H35ClN4O6/c1-6-15(2)12-16(3)9-10-18-13-19-20(23(34)27(5,38-17(4)33)24(35)22(19)28)14-32(18)21(25(36)37)8-7-11-31-26(29)30/h9-10,12-15,21H,6-8,11H2,1-5H3,(H,36,37)(H4,29,30,31)/b10-9+,16-12+/t15-,21-,27+/m0/s1. The number of aliphatic imine (C=N–C) groups is 1. The minimum atomic E-state index is -2.16. The van der Waals surface area contributed by atoms with E-state index >= 15 is 0 Å². The highest BCUT2D eigenvalue weighted by atomic mass is 35.5. The first-order chi connectivity index (χ1) is 17.7. The Bertz CT molecular complexity index is 1190. The highest BCUT2D eigenvalue weighted by Crippen LogP contribution is 2.40. The molecule has 1 aliphatic heterocycles. The van der Waals surface area contributed by atoms with E-state index in [2.05, 4.69) is 24.9 Å². The molecule has 2 aliphatic rings. The number of carbonyl (C=O) groups excluding carboxylic acids is 3.